The SMILES string of the molecule is O=c1[nH]c(=O)n(-c2nc3ccccc3n(C3C[C@H]4CCC[C@@H](C3)N4)c2=O)cc1Br. The van der Waals surface area contributed by atoms with E-state index in [0.29, 0.717) is 17.6 Å². The number of aromatic nitrogens is 4. The lowest BCUT2D eigenvalue weighted by Gasteiger charge is -2.41. The lowest BCUT2D eigenvalue weighted by Crippen LogP contribution is -2.50. The lowest BCUT2D eigenvalue weighted by molar-refractivity contribution is 0.188. The number of rotatable bonds is 2. The molecule has 0 radical (unpaired) electrons. The molecule has 2 bridgehead atoms. The van der Waals surface area contributed by atoms with Gasteiger partial charge in [-0.1, -0.05) is 18.6 Å². The Morgan fingerprint density at radius 3 is 2.55 bits per heavy atom. The molecule has 5 rings (SSSR count). The largest absolute Gasteiger partial charge is 0.334 e. The van der Waals surface area contributed by atoms with Crippen LogP contribution in [-0.2, 0) is 0 Å². The molecule has 1 unspecified atom stereocenters. The first-order chi connectivity index (χ1) is 14.0. The summed E-state index contributed by atoms with van der Waals surface area (Å²) in [4.78, 5) is 44.4. The first-order valence-electron chi connectivity index (χ1n) is 9.80. The van der Waals surface area contributed by atoms with Crippen LogP contribution in [0.3, 0.4) is 0 Å². The molecular weight excluding hydrogens is 438 g/mol. The normalized spacial score (nSPS) is 24.0. The van der Waals surface area contributed by atoms with Gasteiger partial charge in [0.25, 0.3) is 11.1 Å². The number of piperidine rings is 2. The van der Waals surface area contributed by atoms with Crippen molar-refractivity contribution in [1.29, 1.82) is 0 Å². The molecule has 4 heterocycles. The van der Waals surface area contributed by atoms with Crippen LogP contribution in [0, 0.1) is 0 Å². The number of hydrogen-bond donors (Lipinski definition) is 2. The highest BCUT2D eigenvalue weighted by Gasteiger charge is 2.33. The van der Waals surface area contributed by atoms with Crippen LogP contribution in [0.15, 0.2) is 49.3 Å². The van der Waals surface area contributed by atoms with Crippen LogP contribution in [0.5, 0.6) is 0 Å². The highest BCUT2D eigenvalue weighted by atomic mass is 79.9. The van der Waals surface area contributed by atoms with Gasteiger partial charge in [0.15, 0.2) is 0 Å². The highest BCUT2D eigenvalue weighted by Crippen LogP contribution is 2.33. The van der Waals surface area contributed by atoms with Gasteiger partial charge < -0.3 is 9.88 Å². The fraction of sp³-hybridized carbons (Fsp3) is 0.400. The molecule has 2 saturated heterocycles. The fourth-order valence-electron chi connectivity index (χ4n) is 4.71. The van der Waals surface area contributed by atoms with Crippen LogP contribution in [0.25, 0.3) is 16.9 Å². The predicted molar refractivity (Wildman–Crippen MR) is 113 cm³/mol. The summed E-state index contributed by atoms with van der Waals surface area (Å²) in [5.74, 6) is -0.00524. The average molecular weight is 458 g/mol. The third-order valence-electron chi connectivity index (χ3n) is 5.96. The topological polar surface area (TPSA) is 102 Å². The van der Waals surface area contributed by atoms with Gasteiger partial charge in [-0.2, -0.15) is 0 Å². The molecule has 0 saturated carbocycles. The molecule has 0 spiro atoms. The first-order valence-corrected chi connectivity index (χ1v) is 10.6. The molecular formula is C20H20BrN5O3. The van der Waals surface area contributed by atoms with Crippen molar-refractivity contribution in [3.63, 3.8) is 0 Å². The van der Waals surface area contributed by atoms with E-state index in [0.717, 1.165) is 35.8 Å². The fourth-order valence-corrected chi connectivity index (χ4v) is 5.02. The minimum Gasteiger partial charge on any atom is -0.311 e. The van der Waals surface area contributed by atoms with Gasteiger partial charge in [-0.05, 0) is 53.7 Å². The smallest absolute Gasteiger partial charge is 0.311 e. The molecule has 9 heteroatoms. The Kier molecular flexibility index (Phi) is 4.51. The summed E-state index contributed by atoms with van der Waals surface area (Å²) >= 11 is 3.13. The Bertz CT molecular complexity index is 1270. The number of nitrogens with one attached hydrogen (secondary N) is 2. The first kappa shape index (κ1) is 18.5. The average Bonchev–Trinajstić information content (AvgIpc) is 2.70. The highest BCUT2D eigenvalue weighted by molar-refractivity contribution is 9.10. The molecule has 2 aromatic heterocycles. The molecule has 1 aromatic carbocycles. The molecule has 3 atom stereocenters. The summed E-state index contributed by atoms with van der Waals surface area (Å²) in [6.45, 7) is 0. The minimum atomic E-state index is -0.688. The van der Waals surface area contributed by atoms with Gasteiger partial charge in [0.05, 0.1) is 15.5 Å². The second-order valence-corrected chi connectivity index (χ2v) is 8.68. The Morgan fingerprint density at radius 1 is 1.07 bits per heavy atom. The summed E-state index contributed by atoms with van der Waals surface area (Å²) in [6.07, 6.45) is 6.49. The number of hydrogen-bond acceptors (Lipinski definition) is 5. The van der Waals surface area contributed by atoms with Crippen molar-refractivity contribution in [1.82, 2.24) is 24.4 Å². The molecule has 2 fully saturated rings. The standard InChI is InChI=1S/C20H20BrN5O3/c21-14-10-25(20(29)24-18(14)27)17-19(28)26(16-7-2-1-6-15(16)23-17)13-8-11-4-3-5-12(9-13)22-11/h1-2,6-7,10-13,22H,3-5,8-9H2,(H,24,27,29)/t11-,12+,13?. The molecule has 150 valence electrons. The van der Waals surface area contributed by atoms with Gasteiger partial charge in [0.1, 0.15) is 0 Å². The van der Waals surface area contributed by atoms with Crippen molar-refractivity contribution in [3.05, 3.63) is 66.1 Å². The predicted octanol–water partition coefficient (Wildman–Crippen LogP) is 1.84. The monoisotopic (exact) mass is 457 g/mol. The summed E-state index contributed by atoms with van der Waals surface area (Å²) < 4.78 is 3.07. The van der Waals surface area contributed by atoms with E-state index in [9.17, 15) is 14.4 Å². The van der Waals surface area contributed by atoms with Crippen LogP contribution in [0.2, 0.25) is 0 Å². The second-order valence-electron chi connectivity index (χ2n) is 7.82. The van der Waals surface area contributed by atoms with Crippen molar-refractivity contribution in [2.45, 2.75) is 50.2 Å². The number of H-pyrrole nitrogens is 1. The second kappa shape index (κ2) is 7.07. The zero-order valence-electron chi connectivity index (χ0n) is 15.6. The van der Waals surface area contributed by atoms with Crippen molar-refractivity contribution >= 4 is 27.0 Å². The van der Waals surface area contributed by atoms with Crippen LogP contribution in [0.4, 0.5) is 0 Å². The molecule has 8 nitrogen and oxygen atoms in total. The summed E-state index contributed by atoms with van der Waals surface area (Å²) in [5, 5.41) is 3.66. The van der Waals surface area contributed by atoms with Gasteiger partial charge in [0, 0.05) is 24.3 Å². The van der Waals surface area contributed by atoms with Crippen LogP contribution in [-0.4, -0.2) is 31.2 Å². The van der Waals surface area contributed by atoms with Gasteiger partial charge >= 0.3 is 5.69 Å². The molecule has 2 aliphatic heterocycles. The van der Waals surface area contributed by atoms with E-state index in [-0.39, 0.29) is 21.9 Å². The maximum absolute atomic E-state index is 13.6. The molecule has 2 N–H and O–H groups in total. The third kappa shape index (κ3) is 3.18. The van der Waals surface area contributed by atoms with Crippen LogP contribution < -0.4 is 22.1 Å². The molecule has 0 aliphatic carbocycles. The summed E-state index contributed by atoms with van der Waals surface area (Å²) in [7, 11) is 0. The number of benzene rings is 1. The van der Waals surface area contributed by atoms with E-state index in [4.69, 9.17) is 0 Å². The van der Waals surface area contributed by atoms with E-state index in [1.807, 2.05) is 24.3 Å². The van der Waals surface area contributed by atoms with Crippen molar-refractivity contribution < 1.29 is 0 Å². The molecule has 2 aliphatic rings. The minimum absolute atomic E-state index is 0.00524. The lowest BCUT2D eigenvalue weighted by atomic mass is 9.84. The molecule has 0 amide bonds. The molecule has 3 aromatic rings. The zero-order valence-corrected chi connectivity index (χ0v) is 17.2. The number of fused-ring (bicyclic) bond motifs is 3. The van der Waals surface area contributed by atoms with Crippen molar-refractivity contribution in [2.75, 3.05) is 0 Å². The van der Waals surface area contributed by atoms with Gasteiger partial charge in [0.2, 0.25) is 5.82 Å². The third-order valence-corrected chi connectivity index (χ3v) is 6.52. The van der Waals surface area contributed by atoms with Crippen molar-refractivity contribution in [2.24, 2.45) is 0 Å². The Labute approximate surface area is 173 Å². The molecule has 29 heavy (non-hydrogen) atoms. The van der Waals surface area contributed by atoms with E-state index in [1.54, 1.807) is 4.57 Å². The van der Waals surface area contributed by atoms with E-state index < -0.39 is 11.2 Å². The van der Waals surface area contributed by atoms with Crippen LogP contribution >= 0.6 is 15.9 Å². The van der Waals surface area contributed by atoms with Crippen LogP contribution in [0.1, 0.15) is 38.1 Å². The zero-order chi connectivity index (χ0) is 20.1. The number of nitrogens with zero attached hydrogens (tertiary/aromatic N) is 3. The van der Waals surface area contributed by atoms with Gasteiger partial charge in [-0.3, -0.25) is 14.6 Å². The summed E-state index contributed by atoms with van der Waals surface area (Å²) in [6, 6.07) is 8.33. The summed E-state index contributed by atoms with van der Waals surface area (Å²) in [5.41, 5.74) is -0.150. The van der Waals surface area contributed by atoms with E-state index >= 15 is 0 Å². The Hall–Kier alpha value is -2.52. The number of aromatic amines is 1. The number of para-hydroxylation sites is 2. The quantitative estimate of drug-likeness (QED) is 0.611. The van der Waals surface area contributed by atoms with E-state index in [2.05, 4.69) is 31.2 Å². The maximum atomic E-state index is 13.6. The Balaban J connectivity index is 1.75. The Morgan fingerprint density at radius 2 is 1.79 bits per heavy atom. The van der Waals surface area contributed by atoms with Gasteiger partial charge in [-0.25, -0.2) is 14.3 Å². The van der Waals surface area contributed by atoms with Crippen molar-refractivity contribution in [3.8, 4) is 5.82 Å². The van der Waals surface area contributed by atoms with Gasteiger partial charge in [-0.15, -0.1) is 0 Å². The number of halogens is 1. The maximum Gasteiger partial charge on any atom is 0.334 e. The van der Waals surface area contributed by atoms with E-state index in [1.165, 1.54) is 12.6 Å².